The minimum atomic E-state index is -0.447. The van der Waals surface area contributed by atoms with E-state index in [9.17, 15) is 10.1 Å². The summed E-state index contributed by atoms with van der Waals surface area (Å²) in [7, 11) is 0. The molecule has 0 amide bonds. The first kappa shape index (κ1) is 10.1. The molecule has 0 atom stereocenters. The summed E-state index contributed by atoms with van der Waals surface area (Å²) in [6.45, 7) is 0. The minimum Gasteiger partial charge on any atom is -0.257 e. The number of aromatic nitrogens is 3. The monoisotopic (exact) mass is 244 g/mol. The van der Waals surface area contributed by atoms with Crippen LogP contribution in [0.1, 0.15) is 4.88 Å². The Balaban J connectivity index is 2.54. The molecular formula is C7H5ClN4O2S. The van der Waals surface area contributed by atoms with Gasteiger partial charge in [0.15, 0.2) is 5.69 Å². The predicted octanol–water partition coefficient (Wildman–Crippen LogP) is 1.98. The van der Waals surface area contributed by atoms with Crippen LogP contribution in [0.25, 0.3) is 5.69 Å². The average Bonchev–Trinajstić information content (AvgIpc) is 2.86. The highest BCUT2D eigenvalue weighted by Crippen LogP contribution is 2.33. The van der Waals surface area contributed by atoms with Crippen molar-refractivity contribution < 1.29 is 4.92 Å². The molecule has 2 aromatic rings. The zero-order valence-electron chi connectivity index (χ0n) is 7.33. The van der Waals surface area contributed by atoms with Crippen molar-refractivity contribution >= 4 is 27.9 Å². The topological polar surface area (TPSA) is 73.8 Å². The van der Waals surface area contributed by atoms with E-state index < -0.39 is 4.92 Å². The standard InChI is InChI=1S/C7H5ClN4O2S/c8-2-5-1-6(7(15-5)12(13)14)11-4-9-3-10-11/h1,3-4H,2H2. The largest absolute Gasteiger partial charge is 0.350 e. The molecule has 0 aliphatic heterocycles. The molecule has 0 unspecified atom stereocenters. The number of hydrogen-bond acceptors (Lipinski definition) is 5. The van der Waals surface area contributed by atoms with Gasteiger partial charge in [-0.15, -0.1) is 11.6 Å². The molecule has 0 saturated heterocycles. The maximum Gasteiger partial charge on any atom is 0.350 e. The molecule has 2 heterocycles. The molecule has 2 aromatic heterocycles. The molecule has 0 aliphatic rings. The number of thiophene rings is 1. The van der Waals surface area contributed by atoms with Gasteiger partial charge < -0.3 is 0 Å². The van der Waals surface area contributed by atoms with E-state index in [-0.39, 0.29) is 10.9 Å². The van der Waals surface area contributed by atoms with Crippen molar-refractivity contribution in [2.24, 2.45) is 0 Å². The van der Waals surface area contributed by atoms with Gasteiger partial charge in [0.05, 0.1) is 10.8 Å². The highest BCUT2D eigenvalue weighted by Gasteiger charge is 2.20. The van der Waals surface area contributed by atoms with E-state index >= 15 is 0 Å². The summed E-state index contributed by atoms with van der Waals surface area (Å²) in [6, 6.07) is 1.64. The van der Waals surface area contributed by atoms with E-state index in [4.69, 9.17) is 11.6 Å². The number of rotatable bonds is 3. The van der Waals surface area contributed by atoms with Crippen molar-refractivity contribution in [3.63, 3.8) is 0 Å². The molecule has 0 saturated carbocycles. The van der Waals surface area contributed by atoms with E-state index in [0.29, 0.717) is 5.69 Å². The summed E-state index contributed by atoms with van der Waals surface area (Å²) < 4.78 is 1.35. The second-order valence-corrected chi connectivity index (χ2v) is 4.02. The molecule has 78 valence electrons. The normalized spacial score (nSPS) is 10.5. The van der Waals surface area contributed by atoms with Crippen LogP contribution in [0.15, 0.2) is 18.7 Å². The Hall–Kier alpha value is -1.47. The van der Waals surface area contributed by atoms with Gasteiger partial charge in [-0.05, 0) is 6.07 Å². The molecule has 0 aromatic carbocycles. The van der Waals surface area contributed by atoms with E-state index in [1.165, 1.54) is 17.3 Å². The van der Waals surface area contributed by atoms with Crippen LogP contribution in [0.3, 0.4) is 0 Å². The highest BCUT2D eigenvalue weighted by molar-refractivity contribution is 7.16. The lowest BCUT2D eigenvalue weighted by atomic mass is 10.4. The van der Waals surface area contributed by atoms with Crippen LogP contribution in [-0.4, -0.2) is 19.7 Å². The third-order valence-corrected chi connectivity index (χ3v) is 3.23. The van der Waals surface area contributed by atoms with Crippen LogP contribution < -0.4 is 0 Å². The lowest BCUT2D eigenvalue weighted by Crippen LogP contribution is -1.96. The molecule has 8 heteroatoms. The fraction of sp³-hybridized carbons (Fsp3) is 0.143. The van der Waals surface area contributed by atoms with Gasteiger partial charge in [0.2, 0.25) is 0 Å². The Labute approximate surface area is 93.3 Å². The van der Waals surface area contributed by atoms with Gasteiger partial charge in [0.1, 0.15) is 12.7 Å². The van der Waals surface area contributed by atoms with Crippen molar-refractivity contribution in [3.8, 4) is 5.69 Å². The molecule has 0 N–H and O–H groups in total. The average molecular weight is 245 g/mol. The summed E-state index contributed by atoms with van der Waals surface area (Å²) in [5.74, 6) is 0.250. The quantitative estimate of drug-likeness (QED) is 0.470. The number of alkyl halides is 1. The Morgan fingerprint density at radius 2 is 2.47 bits per heavy atom. The Bertz CT molecular complexity index is 481. The third-order valence-electron chi connectivity index (χ3n) is 1.71. The molecule has 6 nitrogen and oxygen atoms in total. The molecular weight excluding hydrogens is 240 g/mol. The van der Waals surface area contributed by atoms with Crippen LogP contribution in [0.5, 0.6) is 0 Å². The number of halogens is 1. The van der Waals surface area contributed by atoms with Gasteiger partial charge in [-0.2, -0.15) is 5.10 Å². The number of nitro groups is 1. The van der Waals surface area contributed by atoms with Crippen LogP contribution in [-0.2, 0) is 5.88 Å². The third kappa shape index (κ3) is 1.83. The highest BCUT2D eigenvalue weighted by atomic mass is 35.5. The summed E-state index contributed by atoms with van der Waals surface area (Å²) in [4.78, 5) is 14.8. The lowest BCUT2D eigenvalue weighted by Gasteiger charge is -1.93. The van der Waals surface area contributed by atoms with Gasteiger partial charge in [-0.3, -0.25) is 10.1 Å². The smallest absolute Gasteiger partial charge is 0.257 e. The van der Waals surface area contributed by atoms with Crippen LogP contribution in [0.4, 0.5) is 5.00 Å². The van der Waals surface area contributed by atoms with E-state index in [1.807, 2.05) is 0 Å². The van der Waals surface area contributed by atoms with E-state index in [2.05, 4.69) is 10.1 Å². The first-order valence-electron chi connectivity index (χ1n) is 3.90. The molecule has 0 bridgehead atoms. The molecule has 0 aliphatic carbocycles. The predicted molar refractivity (Wildman–Crippen MR) is 55.4 cm³/mol. The SMILES string of the molecule is O=[N+]([O-])c1sc(CCl)cc1-n1cncn1. The zero-order valence-corrected chi connectivity index (χ0v) is 8.90. The molecule has 0 radical (unpaired) electrons. The lowest BCUT2D eigenvalue weighted by molar-refractivity contribution is -0.380. The second kappa shape index (κ2) is 3.95. The minimum absolute atomic E-state index is 0.0242. The van der Waals surface area contributed by atoms with Crippen LogP contribution in [0, 0.1) is 10.1 Å². The summed E-state index contributed by atoms with van der Waals surface area (Å²) >= 11 is 6.67. The maximum absolute atomic E-state index is 10.8. The number of hydrogen-bond donors (Lipinski definition) is 0. The molecule has 15 heavy (non-hydrogen) atoms. The fourth-order valence-corrected chi connectivity index (χ4v) is 2.16. The molecule has 2 rings (SSSR count). The molecule has 0 fully saturated rings. The first-order valence-corrected chi connectivity index (χ1v) is 5.25. The van der Waals surface area contributed by atoms with Crippen molar-refractivity contribution in [1.29, 1.82) is 0 Å². The second-order valence-electron chi connectivity index (χ2n) is 2.63. The van der Waals surface area contributed by atoms with Crippen molar-refractivity contribution in [3.05, 3.63) is 33.7 Å². The van der Waals surface area contributed by atoms with E-state index in [1.54, 1.807) is 6.07 Å². The summed E-state index contributed by atoms with van der Waals surface area (Å²) in [5.41, 5.74) is 0.401. The van der Waals surface area contributed by atoms with Crippen LogP contribution >= 0.6 is 22.9 Å². The van der Waals surface area contributed by atoms with Gasteiger partial charge in [0.25, 0.3) is 0 Å². The fourth-order valence-electron chi connectivity index (χ4n) is 1.11. The van der Waals surface area contributed by atoms with Crippen molar-refractivity contribution in [2.75, 3.05) is 0 Å². The van der Waals surface area contributed by atoms with E-state index in [0.717, 1.165) is 16.2 Å². The van der Waals surface area contributed by atoms with Crippen molar-refractivity contribution in [2.45, 2.75) is 5.88 Å². The molecule has 0 spiro atoms. The van der Waals surface area contributed by atoms with Gasteiger partial charge in [-0.1, -0.05) is 11.3 Å². The Morgan fingerprint density at radius 3 is 3.00 bits per heavy atom. The van der Waals surface area contributed by atoms with Gasteiger partial charge in [-0.25, -0.2) is 9.67 Å². The summed E-state index contributed by atoms with van der Waals surface area (Å²) in [6.07, 6.45) is 2.73. The Kier molecular flexibility index (Phi) is 2.65. The van der Waals surface area contributed by atoms with Crippen LogP contribution in [0.2, 0.25) is 0 Å². The van der Waals surface area contributed by atoms with Gasteiger partial charge in [0, 0.05) is 4.88 Å². The Morgan fingerprint density at radius 1 is 1.67 bits per heavy atom. The maximum atomic E-state index is 10.8. The van der Waals surface area contributed by atoms with Gasteiger partial charge >= 0.3 is 5.00 Å². The number of nitrogens with zero attached hydrogens (tertiary/aromatic N) is 4. The van der Waals surface area contributed by atoms with Crippen molar-refractivity contribution in [1.82, 2.24) is 14.8 Å². The first-order chi connectivity index (χ1) is 7.22. The summed E-state index contributed by atoms with van der Waals surface area (Å²) in [5, 5.41) is 14.6. The zero-order chi connectivity index (χ0) is 10.8.